The molecular weight excluding hydrogens is 444 g/mol. The Labute approximate surface area is 204 Å². The number of piperidine rings is 1. The van der Waals surface area contributed by atoms with Gasteiger partial charge in [0.2, 0.25) is 5.91 Å². The molecule has 0 radical (unpaired) electrons. The average molecular weight is 475 g/mol. The number of aromatic nitrogens is 4. The van der Waals surface area contributed by atoms with Crippen LogP contribution in [-0.2, 0) is 16.1 Å². The fourth-order valence-electron chi connectivity index (χ4n) is 4.50. The highest BCUT2D eigenvalue weighted by Crippen LogP contribution is 2.27. The molecule has 0 aliphatic carbocycles. The lowest BCUT2D eigenvalue weighted by atomic mass is 10.1. The van der Waals surface area contributed by atoms with Gasteiger partial charge < -0.3 is 19.7 Å². The van der Waals surface area contributed by atoms with Crippen LogP contribution in [0.1, 0.15) is 12.8 Å². The maximum Gasteiger partial charge on any atom is 0.246 e. The van der Waals surface area contributed by atoms with E-state index in [1.807, 2.05) is 53.3 Å². The number of ether oxygens (including phenoxy) is 2. The molecule has 9 nitrogen and oxygen atoms in total. The van der Waals surface area contributed by atoms with E-state index in [1.54, 1.807) is 6.20 Å². The molecule has 1 amide bonds. The van der Waals surface area contributed by atoms with Crippen molar-refractivity contribution in [2.45, 2.75) is 25.4 Å². The van der Waals surface area contributed by atoms with E-state index in [0.717, 1.165) is 72.7 Å². The van der Waals surface area contributed by atoms with Gasteiger partial charge in [0.25, 0.3) is 0 Å². The van der Waals surface area contributed by atoms with Gasteiger partial charge in [-0.15, -0.1) is 0 Å². The van der Waals surface area contributed by atoms with Crippen molar-refractivity contribution in [2.24, 2.45) is 0 Å². The number of hydrogen-bond acceptors (Lipinski definition) is 6. The van der Waals surface area contributed by atoms with Gasteiger partial charge in [-0.25, -0.2) is 0 Å². The molecule has 4 aromatic rings. The van der Waals surface area contributed by atoms with Gasteiger partial charge in [-0.1, -0.05) is 0 Å². The van der Waals surface area contributed by atoms with Crippen LogP contribution < -0.4 is 10.1 Å². The van der Waals surface area contributed by atoms with E-state index >= 15 is 0 Å². The Balaban J connectivity index is 1.14. The van der Waals surface area contributed by atoms with Gasteiger partial charge >= 0.3 is 0 Å². The van der Waals surface area contributed by atoms with Crippen molar-refractivity contribution in [3.63, 3.8) is 0 Å². The third-order valence-corrected chi connectivity index (χ3v) is 6.37. The molecule has 0 saturated carbocycles. The third kappa shape index (κ3) is 5.70. The maximum atomic E-state index is 11.7. The molecule has 1 saturated heterocycles. The van der Waals surface area contributed by atoms with Crippen LogP contribution in [-0.4, -0.2) is 70.2 Å². The SMILES string of the molecule is COCC(=O)NC1CCN(CCn2ncc3cc(Oc4ccc(-c5ccn[nH]5)cc4)ccc32)CC1. The molecule has 1 fully saturated rings. The molecule has 2 aromatic heterocycles. The molecule has 3 heterocycles. The van der Waals surface area contributed by atoms with Crippen molar-refractivity contribution in [2.75, 3.05) is 33.4 Å². The first kappa shape index (κ1) is 23.1. The molecule has 1 aliphatic heterocycles. The van der Waals surface area contributed by atoms with Gasteiger partial charge in [0.05, 0.1) is 24.0 Å². The van der Waals surface area contributed by atoms with Crippen LogP contribution in [0.5, 0.6) is 11.5 Å². The second-order valence-electron chi connectivity index (χ2n) is 8.80. The number of hydrogen-bond donors (Lipinski definition) is 2. The number of rotatable bonds is 9. The third-order valence-electron chi connectivity index (χ3n) is 6.37. The summed E-state index contributed by atoms with van der Waals surface area (Å²) in [6.07, 6.45) is 5.54. The number of nitrogens with zero attached hydrogens (tertiary/aromatic N) is 4. The predicted molar refractivity (Wildman–Crippen MR) is 133 cm³/mol. The number of H-pyrrole nitrogens is 1. The summed E-state index contributed by atoms with van der Waals surface area (Å²) in [5, 5.41) is 15.7. The highest BCUT2D eigenvalue weighted by molar-refractivity contribution is 5.80. The minimum absolute atomic E-state index is 0.0385. The van der Waals surface area contributed by atoms with Gasteiger partial charge in [-0.2, -0.15) is 10.2 Å². The lowest BCUT2D eigenvalue weighted by Gasteiger charge is -2.32. The zero-order valence-electron chi connectivity index (χ0n) is 19.8. The van der Waals surface area contributed by atoms with Gasteiger partial charge in [0, 0.05) is 44.4 Å². The number of fused-ring (bicyclic) bond motifs is 1. The molecular formula is C26H30N6O3. The van der Waals surface area contributed by atoms with Crippen LogP contribution in [0, 0.1) is 0 Å². The molecule has 0 atom stereocenters. The summed E-state index contributed by atoms with van der Waals surface area (Å²) in [7, 11) is 1.54. The van der Waals surface area contributed by atoms with E-state index in [0.29, 0.717) is 0 Å². The van der Waals surface area contributed by atoms with Crippen molar-refractivity contribution in [1.29, 1.82) is 0 Å². The number of aromatic amines is 1. The topological polar surface area (TPSA) is 97.3 Å². The van der Waals surface area contributed by atoms with Gasteiger partial charge in [-0.05, 0) is 66.9 Å². The van der Waals surface area contributed by atoms with E-state index in [-0.39, 0.29) is 18.6 Å². The van der Waals surface area contributed by atoms with E-state index in [4.69, 9.17) is 9.47 Å². The van der Waals surface area contributed by atoms with Crippen LogP contribution in [0.3, 0.4) is 0 Å². The van der Waals surface area contributed by atoms with Crippen LogP contribution in [0.25, 0.3) is 22.2 Å². The van der Waals surface area contributed by atoms with Crippen LogP contribution in [0.15, 0.2) is 60.9 Å². The van der Waals surface area contributed by atoms with E-state index in [9.17, 15) is 4.79 Å². The molecule has 182 valence electrons. The van der Waals surface area contributed by atoms with Gasteiger partial charge in [0.15, 0.2) is 0 Å². The van der Waals surface area contributed by atoms with E-state index in [1.165, 1.54) is 7.11 Å². The largest absolute Gasteiger partial charge is 0.457 e. The number of likely N-dealkylation sites (tertiary alicyclic amines) is 1. The van der Waals surface area contributed by atoms with Gasteiger partial charge in [-0.3, -0.25) is 14.6 Å². The molecule has 2 N–H and O–H groups in total. The first-order chi connectivity index (χ1) is 17.2. The second kappa shape index (κ2) is 10.7. The highest BCUT2D eigenvalue weighted by Gasteiger charge is 2.20. The molecule has 0 bridgehead atoms. The summed E-state index contributed by atoms with van der Waals surface area (Å²) in [5.41, 5.74) is 3.13. The van der Waals surface area contributed by atoms with Gasteiger partial charge in [0.1, 0.15) is 18.1 Å². The fourth-order valence-corrected chi connectivity index (χ4v) is 4.50. The minimum Gasteiger partial charge on any atom is -0.457 e. The normalized spacial score (nSPS) is 14.9. The Bertz CT molecular complexity index is 1240. The number of nitrogens with one attached hydrogen (secondary N) is 2. The van der Waals surface area contributed by atoms with Crippen molar-refractivity contribution in [3.8, 4) is 22.8 Å². The van der Waals surface area contributed by atoms with Crippen LogP contribution >= 0.6 is 0 Å². The quantitative estimate of drug-likeness (QED) is 0.386. The average Bonchev–Trinajstić information content (AvgIpc) is 3.55. The molecule has 5 rings (SSSR count). The second-order valence-corrected chi connectivity index (χ2v) is 8.80. The Kier molecular flexibility index (Phi) is 7.06. The Morgan fingerprint density at radius 2 is 1.89 bits per heavy atom. The summed E-state index contributed by atoms with van der Waals surface area (Å²) in [4.78, 5) is 14.1. The number of amides is 1. The molecule has 0 spiro atoms. The summed E-state index contributed by atoms with van der Waals surface area (Å²) in [6, 6.07) is 16.2. The smallest absolute Gasteiger partial charge is 0.246 e. The van der Waals surface area contributed by atoms with Crippen molar-refractivity contribution in [1.82, 2.24) is 30.2 Å². The van der Waals surface area contributed by atoms with Crippen molar-refractivity contribution >= 4 is 16.8 Å². The first-order valence-electron chi connectivity index (χ1n) is 11.9. The number of benzene rings is 2. The molecule has 35 heavy (non-hydrogen) atoms. The zero-order valence-corrected chi connectivity index (χ0v) is 19.8. The van der Waals surface area contributed by atoms with Crippen LogP contribution in [0.4, 0.5) is 0 Å². The molecule has 9 heteroatoms. The first-order valence-corrected chi connectivity index (χ1v) is 11.9. The monoisotopic (exact) mass is 474 g/mol. The van der Waals surface area contributed by atoms with E-state index in [2.05, 4.69) is 31.6 Å². The predicted octanol–water partition coefficient (Wildman–Crippen LogP) is 3.45. The minimum atomic E-state index is -0.0385. The number of carbonyl (C=O) groups excluding carboxylic acids is 1. The van der Waals surface area contributed by atoms with Crippen molar-refractivity contribution in [3.05, 3.63) is 60.9 Å². The number of carbonyl (C=O) groups is 1. The lowest BCUT2D eigenvalue weighted by molar-refractivity contribution is -0.125. The zero-order chi connectivity index (χ0) is 24.0. The maximum absolute atomic E-state index is 11.7. The van der Waals surface area contributed by atoms with Crippen molar-refractivity contribution < 1.29 is 14.3 Å². The highest BCUT2D eigenvalue weighted by atomic mass is 16.5. The van der Waals surface area contributed by atoms with E-state index < -0.39 is 0 Å². The standard InChI is InChI=1S/C26H30N6O3/c1-34-18-26(33)29-21-9-12-31(13-10-21)14-15-32-25-7-6-23(16-20(25)17-28-32)35-22-4-2-19(3-5-22)24-8-11-27-30-24/h2-8,11,16-17,21H,9-10,12-15,18H2,1H3,(H,27,30)(H,29,33). The summed E-state index contributed by atoms with van der Waals surface area (Å²) < 4.78 is 13.0. The van der Waals surface area contributed by atoms with Crippen LogP contribution in [0.2, 0.25) is 0 Å². The summed E-state index contributed by atoms with van der Waals surface area (Å²) in [5.74, 6) is 1.52. The summed E-state index contributed by atoms with van der Waals surface area (Å²) >= 11 is 0. The Morgan fingerprint density at radius 3 is 2.63 bits per heavy atom. The molecule has 1 aliphatic rings. The number of methoxy groups -OCH3 is 1. The Morgan fingerprint density at radius 1 is 1.09 bits per heavy atom. The molecule has 0 unspecified atom stereocenters. The fraction of sp³-hybridized carbons (Fsp3) is 0.346. The molecule has 2 aromatic carbocycles. The Hall–Kier alpha value is -3.69. The summed E-state index contributed by atoms with van der Waals surface area (Å²) in [6.45, 7) is 3.80. The lowest BCUT2D eigenvalue weighted by Crippen LogP contribution is -2.46.